The maximum atomic E-state index is 13.7. The summed E-state index contributed by atoms with van der Waals surface area (Å²) in [6.45, 7) is 3.32. The summed E-state index contributed by atoms with van der Waals surface area (Å²) in [4.78, 5) is 35.7. The second kappa shape index (κ2) is 9.31. The molecule has 1 fully saturated rings. The fraction of sp³-hybridized carbons (Fsp3) is 0.435. The Bertz CT molecular complexity index is 1220. The number of hydrogen-bond donors (Lipinski definition) is 1. The molecule has 3 aromatic rings. The summed E-state index contributed by atoms with van der Waals surface area (Å²) in [6.07, 6.45) is 4.15. The molecule has 0 spiro atoms. The fourth-order valence-corrected chi connectivity index (χ4v) is 5.89. The minimum atomic E-state index is -0.275. The number of aryl methyl sites for hydroxylation is 2. The van der Waals surface area contributed by atoms with Gasteiger partial charge in [-0.2, -0.15) is 0 Å². The number of nitrogens with zero attached hydrogens (tertiary/aromatic N) is 3. The molecule has 168 valence electrons. The second-order valence-electron chi connectivity index (χ2n) is 8.26. The van der Waals surface area contributed by atoms with Crippen molar-refractivity contribution in [1.29, 1.82) is 0 Å². The summed E-state index contributed by atoms with van der Waals surface area (Å²) in [5, 5.41) is 4.09. The molecule has 2 aromatic heterocycles. The van der Waals surface area contributed by atoms with E-state index in [1.807, 2.05) is 0 Å². The van der Waals surface area contributed by atoms with Crippen molar-refractivity contribution in [1.82, 2.24) is 14.5 Å². The number of fused-ring (bicyclic) bond motifs is 3. The number of benzene rings is 1. The predicted octanol–water partition coefficient (Wildman–Crippen LogP) is 3.46. The second-order valence-corrected chi connectivity index (χ2v) is 9.78. The highest BCUT2D eigenvalue weighted by molar-refractivity contribution is 7.18. The van der Waals surface area contributed by atoms with Crippen LogP contribution in [-0.2, 0) is 35.5 Å². The van der Waals surface area contributed by atoms with Crippen LogP contribution in [0.25, 0.3) is 10.2 Å². The molecule has 1 aliphatic heterocycles. The van der Waals surface area contributed by atoms with Gasteiger partial charge in [0, 0.05) is 28.7 Å². The van der Waals surface area contributed by atoms with Crippen molar-refractivity contribution < 1.29 is 9.53 Å². The number of ether oxygens (including phenoxy) is 1. The van der Waals surface area contributed by atoms with Crippen LogP contribution in [0.1, 0.15) is 29.1 Å². The Balaban J connectivity index is 1.51. The van der Waals surface area contributed by atoms with E-state index in [2.05, 4.69) is 10.2 Å². The number of morpholine rings is 1. The largest absolute Gasteiger partial charge is 0.379 e. The van der Waals surface area contributed by atoms with Gasteiger partial charge >= 0.3 is 0 Å². The number of hydrogen-bond acceptors (Lipinski definition) is 6. The van der Waals surface area contributed by atoms with Crippen LogP contribution in [0.4, 0.5) is 5.69 Å². The highest BCUT2D eigenvalue weighted by atomic mass is 35.5. The number of carbonyl (C=O) groups excluding carboxylic acids is 1. The predicted molar refractivity (Wildman–Crippen MR) is 127 cm³/mol. The first kappa shape index (κ1) is 21.6. The van der Waals surface area contributed by atoms with E-state index in [9.17, 15) is 9.59 Å². The van der Waals surface area contributed by atoms with Crippen molar-refractivity contribution in [3.63, 3.8) is 0 Å². The molecule has 2 aliphatic rings. The van der Waals surface area contributed by atoms with Crippen LogP contribution in [0, 0.1) is 0 Å². The first-order chi connectivity index (χ1) is 15.6. The van der Waals surface area contributed by atoms with Crippen LogP contribution in [0.3, 0.4) is 0 Å². The number of aromatic nitrogens is 2. The zero-order valence-electron chi connectivity index (χ0n) is 17.7. The lowest BCUT2D eigenvalue weighted by Crippen LogP contribution is -2.39. The minimum absolute atomic E-state index is 0.0847. The Labute approximate surface area is 195 Å². The molecule has 32 heavy (non-hydrogen) atoms. The van der Waals surface area contributed by atoms with E-state index in [1.165, 1.54) is 4.88 Å². The number of amides is 1. The number of anilines is 1. The third-order valence-corrected chi connectivity index (χ3v) is 7.45. The van der Waals surface area contributed by atoms with Crippen LogP contribution < -0.4 is 10.9 Å². The zero-order chi connectivity index (χ0) is 22.1. The average molecular weight is 473 g/mol. The highest BCUT2D eigenvalue weighted by Crippen LogP contribution is 2.34. The molecule has 1 saturated heterocycles. The van der Waals surface area contributed by atoms with E-state index in [0.717, 1.165) is 49.2 Å². The van der Waals surface area contributed by atoms with E-state index in [4.69, 9.17) is 21.3 Å². The molecule has 0 unspecified atom stereocenters. The number of halogens is 1. The molecular formula is C23H25ClN4O3S. The molecule has 1 aliphatic carbocycles. The highest BCUT2D eigenvalue weighted by Gasteiger charge is 2.24. The van der Waals surface area contributed by atoms with Crippen LogP contribution >= 0.6 is 22.9 Å². The molecule has 0 bridgehead atoms. The third kappa shape index (κ3) is 4.45. The SMILES string of the molecule is O=C(Cn1c(CN2CCOCC2)nc2sc3c(c2c1=O)CCCC3)Nc1cccc(Cl)c1. The Morgan fingerprint density at radius 1 is 1.22 bits per heavy atom. The van der Waals surface area contributed by atoms with Crippen LogP contribution in [0.2, 0.25) is 5.02 Å². The van der Waals surface area contributed by atoms with Gasteiger partial charge < -0.3 is 10.1 Å². The molecule has 0 atom stereocenters. The van der Waals surface area contributed by atoms with Gasteiger partial charge in [0.25, 0.3) is 5.56 Å². The summed E-state index contributed by atoms with van der Waals surface area (Å²) in [5.74, 6) is 0.354. The van der Waals surface area contributed by atoms with Gasteiger partial charge in [-0.25, -0.2) is 4.98 Å². The molecule has 0 radical (unpaired) electrons. The Hall–Kier alpha value is -2.26. The number of thiophene rings is 1. The fourth-order valence-electron chi connectivity index (χ4n) is 4.43. The average Bonchev–Trinajstić information content (AvgIpc) is 3.15. The van der Waals surface area contributed by atoms with Crippen LogP contribution in [-0.4, -0.2) is 46.7 Å². The topological polar surface area (TPSA) is 76.5 Å². The Morgan fingerprint density at radius 2 is 2.03 bits per heavy atom. The molecule has 9 heteroatoms. The van der Waals surface area contributed by atoms with Gasteiger partial charge in [0.05, 0.1) is 25.1 Å². The van der Waals surface area contributed by atoms with Crippen LogP contribution in [0.5, 0.6) is 0 Å². The standard InChI is InChI=1S/C23H25ClN4O3S/c24-15-4-3-5-16(12-15)25-20(29)14-28-19(13-27-8-10-31-11-9-27)26-22-21(23(28)30)17-6-1-2-7-18(17)32-22/h3-5,12H,1-2,6-11,13-14H2,(H,25,29). The van der Waals surface area contributed by atoms with Gasteiger partial charge in [-0.3, -0.25) is 19.1 Å². The van der Waals surface area contributed by atoms with Gasteiger partial charge in [-0.05, 0) is 49.4 Å². The smallest absolute Gasteiger partial charge is 0.263 e. The number of rotatable bonds is 5. The maximum Gasteiger partial charge on any atom is 0.263 e. The molecule has 1 aromatic carbocycles. The van der Waals surface area contributed by atoms with E-state index in [0.29, 0.717) is 41.7 Å². The quantitative estimate of drug-likeness (QED) is 0.615. The zero-order valence-corrected chi connectivity index (χ0v) is 19.3. The third-order valence-electron chi connectivity index (χ3n) is 6.03. The van der Waals surface area contributed by atoms with E-state index >= 15 is 0 Å². The monoisotopic (exact) mass is 472 g/mol. The van der Waals surface area contributed by atoms with Gasteiger partial charge in [-0.1, -0.05) is 17.7 Å². The summed E-state index contributed by atoms with van der Waals surface area (Å²) < 4.78 is 7.01. The van der Waals surface area contributed by atoms with E-state index in [1.54, 1.807) is 40.2 Å². The maximum absolute atomic E-state index is 13.7. The van der Waals surface area contributed by atoms with E-state index < -0.39 is 0 Å². The summed E-state index contributed by atoms with van der Waals surface area (Å²) >= 11 is 7.68. The van der Waals surface area contributed by atoms with Crippen molar-refractivity contribution >= 4 is 44.7 Å². The van der Waals surface area contributed by atoms with Crippen molar-refractivity contribution in [2.45, 2.75) is 38.8 Å². The number of nitrogens with one attached hydrogen (secondary N) is 1. The van der Waals surface area contributed by atoms with Crippen molar-refractivity contribution in [3.8, 4) is 0 Å². The Kier molecular flexibility index (Phi) is 6.28. The van der Waals surface area contributed by atoms with E-state index in [-0.39, 0.29) is 18.0 Å². The minimum Gasteiger partial charge on any atom is -0.379 e. The summed E-state index contributed by atoms with van der Waals surface area (Å²) in [5.41, 5.74) is 1.63. The lowest BCUT2D eigenvalue weighted by Gasteiger charge is -2.27. The van der Waals surface area contributed by atoms with Gasteiger partial charge in [0.2, 0.25) is 5.91 Å². The molecule has 5 rings (SSSR count). The molecule has 1 amide bonds. The molecule has 3 heterocycles. The first-order valence-electron chi connectivity index (χ1n) is 11.0. The normalized spacial score (nSPS) is 16.8. The van der Waals surface area contributed by atoms with Gasteiger partial charge in [0.15, 0.2) is 0 Å². The molecule has 1 N–H and O–H groups in total. The lowest BCUT2D eigenvalue weighted by atomic mass is 9.97. The lowest BCUT2D eigenvalue weighted by molar-refractivity contribution is -0.116. The Morgan fingerprint density at radius 3 is 2.84 bits per heavy atom. The number of carbonyl (C=O) groups is 1. The van der Waals surface area contributed by atoms with Gasteiger partial charge in [0.1, 0.15) is 17.2 Å². The van der Waals surface area contributed by atoms with Crippen molar-refractivity contribution in [2.75, 3.05) is 31.6 Å². The summed E-state index contributed by atoms with van der Waals surface area (Å²) in [7, 11) is 0. The van der Waals surface area contributed by atoms with Crippen LogP contribution in [0.15, 0.2) is 29.1 Å². The molecule has 7 nitrogen and oxygen atoms in total. The molecule has 0 saturated carbocycles. The first-order valence-corrected chi connectivity index (χ1v) is 12.2. The summed E-state index contributed by atoms with van der Waals surface area (Å²) in [6, 6.07) is 6.99. The van der Waals surface area contributed by atoms with Crippen molar-refractivity contribution in [2.24, 2.45) is 0 Å². The van der Waals surface area contributed by atoms with Crippen molar-refractivity contribution in [3.05, 3.63) is 55.9 Å². The van der Waals surface area contributed by atoms with Gasteiger partial charge in [-0.15, -0.1) is 11.3 Å². The molecular weight excluding hydrogens is 448 g/mol.